The Morgan fingerprint density at radius 3 is 2.65 bits per heavy atom. The number of carbonyl (C=O) groups excluding carboxylic acids is 1. The van der Waals surface area contributed by atoms with E-state index < -0.39 is 0 Å². The van der Waals surface area contributed by atoms with Gasteiger partial charge >= 0.3 is 6.03 Å². The summed E-state index contributed by atoms with van der Waals surface area (Å²) in [5, 5.41) is 14.8. The third kappa shape index (κ3) is 3.83. The number of aliphatic hydroxyl groups excluding tert-OH is 1. The van der Waals surface area contributed by atoms with Crippen molar-refractivity contribution in [1.29, 1.82) is 0 Å². The van der Waals surface area contributed by atoms with E-state index in [-0.39, 0.29) is 18.8 Å². The topological polar surface area (TPSA) is 64.0 Å². The van der Waals surface area contributed by atoms with Crippen LogP contribution in [0.1, 0.15) is 43.0 Å². The number of nitrogens with one attached hydrogen (secondary N) is 1. The maximum atomic E-state index is 12.7. The molecule has 0 radical (unpaired) electrons. The van der Waals surface area contributed by atoms with Crippen molar-refractivity contribution in [2.45, 2.75) is 58.0 Å². The summed E-state index contributed by atoms with van der Waals surface area (Å²) < 4.78 is 2.07. The Morgan fingerprint density at radius 2 is 2.00 bits per heavy atom. The first-order valence-corrected chi connectivity index (χ1v) is 11.5. The van der Waals surface area contributed by atoms with Crippen molar-refractivity contribution in [2.75, 3.05) is 40.8 Å². The molecule has 2 aromatic rings. The molecule has 170 valence electrons. The summed E-state index contributed by atoms with van der Waals surface area (Å²) in [5.74, 6) is 0.374. The van der Waals surface area contributed by atoms with Crippen molar-refractivity contribution in [3.8, 4) is 0 Å². The summed E-state index contributed by atoms with van der Waals surface area (Å²) in [6, 6.07) is 7.09. The number of benzene rings is 1. The minimum Gasteiger partial charge on any atom is -0.376 e. The van der Waals surface area contributed by atoms with Gasteiger partial charge in [0.2, 0.25) is 0 Å². The Balaban J connectivity index is 1.71. The first-order valence-electron chi connectivity index (χ1n) is 11.5. The van der Waals surface area contributed by atoms with E-state index in [0.717, 1.165) is 44.5 Å². The maximum Gasteiger partial charge on any atom is 0.317 e. The summed E-state index contributed by atoms with van der Waals surface area (Å²) >= 11 is 0. The second-order valence-corrected chi connectivity index (χ2v) is 9.35. The van der Waals surface area contributed by atoms with Gasteiger partial charge in [-0.3, -0.25) is 0 Å². The van der Waals surface area contributed by atoms with Crippen LogP contribution in [0, 0.1) is 0 Å². The molecule has 7 nitrogen and oxygen atoms in total. The van der Waals surface area contributed by atoms with E-state index in [1.807, 2.05) is 18.7 Å². The number of carbonyl (C=O) groups is 1. The summed E-state index contributed by atoms with van der Waals surface area (Å²) in [4.78, 5) is 19.1. The highest BCUT2D eigenvalue weighted by molar-refractivity contribution is 5.90. The standard InChI is InChI=1S/C24H37N5O2/c1-6-28(7-2)24(31)25-16-11-18-17-9-8-10-20-23(17)19(12-21(18)27(5)13-16)22(14-26(3)4)29(20)15-30/h8-10,16,18,21,30H,6-7,11-15H2,1-5H3,(H,25,31)/t16-,18+,21+/m0/s1. The second kappa shape index (κ2) is 8.81. The number of likely N-dealkylation sites (tertiary alicyclic amines) is 1. The SMILES string of the molecule is CCN(CC)C(=O)N[C@H]1C[C@@H]2c3cccc4c3c(c(CN(C)C)n4CO)C[C@H]2N(C)C1. The van der Waals surface area contributed by atoms with Gasteiger partial charge in [-0.25, -0.2) is 4.79 Å². The molecule has 1 aliphatic carbocycles. The number of hydrogen-bond acceptors (Lipinski definition) is 4. The minimum atomic E-state index is -0.00312. The number of urea groups is 1. The minimum absolute atomic E-state index is 0.00312. The summed E-state index contributed by atoms with van der Waals surface area (Å²) in [7, 11) is 6.34. The lowest BCUT2D eigenvalue weighted by molar-refractivity contribution is 0.123. The number of aliphatic hydroxyl groups is 1. The zero-order chi connectivity index (χ0) is 22.3. The van der Waals surface area contributed by atoms with E-state index in [4.69, 9.17) is 0 Å². The van der Waals surface area contributed by atoms with Gasteiger partial charge in [-0.05, 0) is 65.0 Å². The fourth-order valence-electron chi connectivity index (χ4n) is 5.79. The molecule has 1 fully saturated rings. The number of fused-ring (bicyclic) bond motifs is 2. The molecule has 1 aromatic heterocycles. The molecule has 2 N–H and O–H groups in total. The normalized spacial score (nSPS) is 23.3. The van der Waals surface area contributed by atoms with Gasteiger partial charge in [0, 0.05) is 55.3 Å². The zero-order valence-electron chi connectivity index (χ0n) is 19.6. The highest BCUT2D eigenvalue weighted by Crippen LogP contribution is 2.45. The Hall–Kier alpha value is -2.09. The van der Waals surface area contributed by atoms with Crippen LogP contribution in [-0.2, 0) is 19.7 Å². The van der Waals surface area contributed by atoms with Crippen LogP contribution in [0.4, 0.5) is 4.79 Å². The van der Waals surface area contributed by atoms with Crippen LogP contribution in [0.2, 0.25) is 0 Å². The molecule has 3 atom stereocenters. The van der Waals surface area contributed by atoms with Crippen LogP contribution in [-0.4, -0.2) is 83.3 Å². The molecule has 31 heavy (non-hydrogen) atoms. The Kier molecular flexibility index (Phi) is 6.28. The molecule has 0 bridgehead atoms. The van der Waals surface area contributed by atoms with Gasteiger partial charge in [0.15, 0.2) is 0 Å². The van der Waals surface area contributed by atoms with E-state index in [2.05, 4.69) is 59.0 Å². The molecule has 2 aliphatic rings. The molecule has 0 spiro atoms. The molecule has 7 heteroatoms. The largest absolute Gasteiger partial charge is 0.376 e. The highest BCUT2D eigenvalue weighted by atomic mass is 16.3. The van der Waals surface area contributed by atoms with Crippen molar-refractivity contribution < 1.29 is 9.90 Å². The third-order valence-electron chi connectivity index (χ3n) is 7.22. The predicted octanol–water partition coefficient (Wildman–Crippen LogP) is 2.42. The number of rotatable bonds is 6. The zero-order valence-corrected chi connectivity index (χ0v) is 19.6. The lowest BCUT2D eigenvalue weighted by atomic mass is 9.73. The van der Waals surface area contributed by atoms with E-state index in [9.17, 15) is 9.90 Å². The Labute approximate surface area is 185 Å². The summed E-state index contributed by atoms with van der Waals surface area (Å²) in [5.41, 5.74) is 5.10. The van der Waals surface area contributed by atoms with Crippen LogP contribution >= 0.6 is 0 Å². The van der Waals surface area contributed by atoms with Crippen LogP contribution in [0.15, 0.2) is 18.2 Å². The molecule has 4 rings (SSSR count). The van der Waals surface area contributed by atoms with Crippen molar-refractivity contribution in [2.24, 2.45) is 0 Å². The highest BCUT2D eigenvalue weighted by Gasteiger charge is 2.41. The average Bonchev–Trinajstić information content (AvgIpc) is 3.03. The van der Waals surface area contributed by atoms with Crippen LogP contribution in [0.3, 0.4) is 0 Å². The summed E-state index contributed by atoms with van der Waals surface area (Å²) in [6.07, 6.45) is 1.94. The van der Waals surface area contributed by atoms with Crippen LogP contribution in [0.25, 0.3) is 10.9 Å². The molecule has 2 amide bonds. The van der Waals surface area contributed by atoms with Gasteiger partial charge in [0.1, 0.15) is 6.73 Å². The number of piperidine rings is 1. The lowest BCUT2D eigenvalue weighted by Gasteiger charge is -2.46. The Morgan fingerprint density at radius 1 is 1.26 bits per heavy atom. The molecule has 1 aromatic carbocycles. The smallest absolute Gasteiger partial charge is 0.317 e. The molecule has 0 unspecified atom stereocenters. The molecule has 2 heterocycles. The summed E-state index contributed by atoms with van der Waals surface area (Å²) in [6.45, 7) is 7.17. The molecule has 1 saturated heterocycles. The number of nitrogens with zero attached hydrogens (tertiary/aromatic N) is 4. The Bertz CT molecular complexity index is 949. The third-order valence-corrected chi connectivity index (χ3v) is 7.22. The second-order valence-electron chi connectivity index (χ2n) is 9.35. The van der Waals surface area contributed by atoms with Crippen molar-refractivity contribution >= 4 is 16.9 Å². The van der Waals surface area contributed by atoms with Gasteiger partial charge in [-0.1, -0.05) is 12.1 Å². The first kappa shape index (κ1) is 22.1. The van der Waals surface area contributed by atoms with Gasteiger partial charge in [-0.15, -0.1) is 0 Å². The maximum absolute atomic E-state index is 12.7. The molecule has 1 aliphatic heterocycles. The number of amides is 2. The van der Waals surface area contributed by atoms with Crippen molar-refractivity contribution in [3.05, 3.63) is 35.0 Å². The van der Waals surface area contributed by atoms with E-state index in [1.54, 1.807) is 0 Å². The van der Waals surface area contributed by atoms with E-state index >= 15 is 0 Å². The van der Waals surface area contributed by atoms with Gasteiger partial charge in [0.25, 0.3) is 0 Å². The van der Waals surface area contributed by atoms with Gasteiger partial charge in [0.05, 0.1) is 5.52 Å². The van der Waals surface area contributed by atoms with Crippen molar-refractivity contribution in [3.63, 3.8) is 0 Å². The molecular weight excluding hydrogens is 390 g/mol. The van der Waals surface area contributed by atoms with E-state index in [0.29, 0.717) is 12.0 Å². The first-order chi connectivity index (χ1) is 14.9. The van der Waals surface area contributed by atoms with Gasteiger partial charge in [-0.2, -0.15) is 0 Å². The fraction of sp³-hybridized carbons (Fsp3) is 0.625. The quantitative estimate of drug-likeness (QED) is 0.743. The van der Waals surface area contributed by atoms with Crippen molar-refractivity contribution in [1.82, 2.24) is 24.6 Å². The lowest BCUT2D eigenvalue weighted by Crippen LogP contribution is -2.56. The number of aromatic nitrogens is 1. The van der Waals surface area contributed by atoms with Gasteiger partial charge < -0.3 is 29.7 Å². The van der Waals surface area contributed by atoms with Crippen LogP contribution in [0.5, 0.6) is 0 Å². The molecule has 0 saturated carbocycles. The number of hydrogen-bond donors (Lipinski definition) is 2. The predicted molar refractivity (Wildman–Crippen MR) is 124 cm³/mol. The number of likely N-dealkylation sites (N-methyl/N-ethyl adjacent to an activating group) is 1. The van der Waals surface area contributed by atoms with Crippen LogP contribution < -0.4 is 5.32 Å². The van der Waals surface area contributed by atoms with E-state index in [1.165, 1.54) is 22.2 Å². The molecular formula is C24H37N5O2. The average molecular weight is 428 g/mol. The monoisotopic (exact) mass is 427 g/mol. The fourth-order valence-corrected chi connectivity index (χ4v) is 5.79.